The Morgan fingerprint density at radius 3 is 2.83 bits per heavy atom. The molecule has 0 saturated carbocycles. The van der Waals surface area contributed by atoms with Gasteiger partial charge in [-0.15, -0.1) is 0 Å². The fourth-order valence-electron chi connectivity index (χ4n) is 1.38. The predicted molar refractivity (Wildman–Crippen MR) is 46.3 cm³/mol. The van der Waals surface area contributed by atoms with Crippen molar-refractivity contribution in [3.05, 3.63) is 36.5 Å². The van der Waals surface area contributed by atoms with Crippen molar-refractivity contribution in [1.82, 2.24) is 5.16 Å². The molecule has 12 heavy (non-hydrogen) atoms. The van der Waals surface area contributed by atoms with Gasteiger partial charge < -0.3 is 4.52 Å². The number of aromatic nitrogens is 1. The van der Waals surface area contributed by atoms with Crippen molar-refractivity contribution >= 4 is 0 Å². The summed E-state index contributed by atoms with van der Waals surface area (Å²) >= 11 is 0. The van der Waals surface area contributed by atoms with Crippen LogP contribution in [0.5, 0.6) is 0 Å². The van der Waals surface area contributed by atoms with E-state index in [0.29, 0.717) is 0 Å². The molecular weight excluding hydrogens is 150 g/mol. The molecule has 0 amide bonds. The minimum Gasteiger partial charge on any atom is -0.381 e. The second-order valence-corrected chi connectivity index (χ2v) is 2.88. The van der Waals surface area contributed by atoms with E-state index in [1.807, 2.05) is 24.4 Å². The maximum atomic E-state index is 5.25. The van der Waals surface area contributed by atoms with Crippen LogP contribution in [0.2, 0.25) is 0 Å². The molecule has 0 aromatic rings. The Morgan fingerprint density at radius 2 is 1.92 bits per heavy atom. The molecule has 0 spiro atoms. The molecule has 0 aromatic heterocycles. The van der Waals surface area contributed by atoms with E-state index >= 15 is 0 Å². The van der Waals surface area contributed by atoms with Crippen LogP contribution in [0.1, 0.15) is 0 Å². The highest BCUT2D eigenvalue weighted by Gasteiger charge is 2.18. The summed E-state index contributed by atoms with van der Waals surface area (Å²) in [4.78, 5) is 0. The Bertz CT molecular complexity index is 451. The maximum Gasteiger partial charge on any atom is 0.171 e. The summed E-state index contributed by atoms with van der Waals surface area (Å²) in [5.74, 6) is 0.950. The lowest BCUT2D eigenvalue weighted by molar-refractivity contribution is 0.435. The minimum absolute atomic E-state index is 0.950. The van der Waals surface area contributed by atoms with Crippen LogP contribution < -0.4 is 0 Å². The van der Waals surface area contributed by atoms with E-state index in [1.165, 1.54) is 11.1 Å². The van der Waals surface area contributed by atoms with Crippen molar-refractivity contribution in [3.8, 4) is 22.5 Å². The third-order valence-electron chi connectivity index (χ3n) is 2.07. The average molecular weight is 157 g/mol. The Labute approximate surface area is 69.5 Å². The number of H-pyrrole nitrogens is 1. The maximum absolute atomic E-state index is 5.25. The monoisotopic (exact) mass is 157 g/mol. The summed E-state index contributed by atoms with van der Waals surface area (Å²) in [6, 6.07) is 10.3. The van der Waals surface area contributed by atoms with Gasteiger partial charge in [-0.25, -0.2) is 5.16 Å². The third kappa shape index (κ3) is 0.691. The average Bonchev–Trinajstić information content (AvgIpc) is 2.64. The minimum atomic E-state index is 0.950. The molecule has 2 heteroatoms. The van der Waals surface area contributed by atoms with Crippen LogP contribution in [0.25, 0.3) is 22.5 Å². The molecule has 2 aliphatic carbocycles. The van der Waals surface area contributed by atoms with Crippen LogP contribution in [0, 0.1) is 0 Å². The van der Waals surface area contributed by atoms with Gasteiger partial charge >= 0.3 is 0 Å². The number of fused-ring (bicyclic) bond motifs is 3. The normalized spacial score (nSPS) is 11.3. The van der Waals surface area contributed by atoms with Crippen LogP contribution in [0.15, 0.2) is 41.1 Å². The van der Waals surface area contributed by atoms with Gasteiger partial charge in [-0.2, -0.15) is 0 Å². The van der Waals surface area contributed by atoms with Gasteiger partial charge in [-0.3, -0.25) is 0 Å². The quantitative estimate of drug-likeness (QED) is 0.534. The van der Waals surface area contributed by atoms with E-state index in [4.69, 9.17) is 4.52 Å². The fourth-order valence-corrected chi connectivity index (χ4v) is 1.38. The Balaban J connectivity index is 2.38. The number of hydrogen-bond acceptors (Lipinski definition) is 1. The summed E-state index contributed by atoms with van der Waals surface area (Å²) in [6.07, 6.45) is 1.86. The van der Waals surface area contributed by atoms with Crippen molar-refractivity contribution in [1.29, 1.82) is 0 Å². The van der Waals surface area contributed by atoms with Gasteiger partial charge in [0.25, 0.3) is 0 Å². The Hall–Kier alpha value is -1.70. The van der Waals surface area contributed by atoms with Crippen molar-refractivity contribution in [2.45, 2.75) is 0 Å². The van der Waals surface area contributed by atoms with Crippen molar-refractivity contribution in [2.24, 2.45) is 0 Å². The predicted octanol–water partition coefficient (Wildman–Crippen LogP) is 2.82. The van der Waals surface area contributed by atoms with E-state index in [9.17, 15) is 0 Å². The molecule has 3 rings (SSSR count). The zero-order chi connectivity index (χ0) is 7.97. The standard InChI is InChI=1S/C10H7NO/c1-2-4-8-6-11-12-10(8)9-5-7(9)3-1/h1-6,11H. The molecular formula is C10H7NO. The van der Waals surface area contributed by atoms with Gasteiger partial charge in [0.2, 0.25) is 0 Å². The molecule has 58 valence electrons. The third-order valence-corrected chi connectivity index (χ3v) is 2.07. The second kappa shape index (κ2) is 1.91. The molecule has 1 N–H and O–H groups in total. The Morgan fingerprint density at radius 1 is 1.08 bits per heavy atom. The smallest absolute Gasteiger partial charge is 0.171 e. The summed E-state index contributed by atoms with van der Waals surface area (Å²) < 4.78 is 5.25. The van der Waals surface area contributed by atoms with Gasteiger partial charge in [0.05, 0.1) is 0 Å². The van der Waals surface area contributed by atoms with E-state index in [0.717, 1.165) is 11.3 Å². The molecule has 3 aliphatic rings. The van der Waals surface area contributed by atoms with Crippen molar-refractivity contribution in [2.75, 3.05) is 0 Å². The zero-order valence-electron chi connectivity index (χ0n) is 6.37. The highest BCUT2D eigenvalue weighted by atomic mass is 16.5. The zero-order valence-corrected chi connectivity index (χ0v) is 6.37. The summed E-state index contributed by atoms with van der Waals surface area (Å²) in [5.41, 5.74) is 3.59. The van der Waals surface area contributed by atoms with Gasteiger partial charge in [-0.05, 0) is 17.7 Å². The van der Waals surface area contributed by atoms with Crippen LogP contribution in [-0.4, -0.2) is 5.16 Å². The lowest BCUT2D eigenvalue weighted by Gasteiger charge is -1.88. The van der Waals surface area contributed by atoms with Crippen molar-refractivity contribution in [3.63, 3.8) is 0 Å². The van der Waals surface area contributed by atoms with Crippen LogP contribution in [-0.2, 0) is 0 Å². The fraction of sp³-hybridized carbons (Fsp3) is 0. The van der Waals surface area contributed by atoms with E-state index in [2.05, 4.69) is 17.3 Å². The van der Waals surface area contributed by atoms with E-state index < -0.39 is 0 Å². The lowest BCUT2D eigenvalue weighted by atomic mass is 10.2. The first kappa shape index (κ1) is 5.89. The van der Waals surface area contributed by atoms with Gasteiger partial charge in [0, 0.05) is 17.3 Å². The molecule has 0 aromatic carbocycles. The molecule has 0 saturated heterocycles. The first-order valence-corrected chi connectivity index (χ1v) is 3.89. The van der Waals surface area contributed by atoms with Gasteiger partial charge in [0.15, 0.2) is 5.76 Å². The van der Waals surface area contributed by atoms with Crippen LogP contribution in [0.3, 0.4) is 0 Å². The van der Waals surface area contributed by atoms with Gasteiger partial charge in [-0.1, -0.05) is 18.2 Å². The molecule has 1 aliphatic heterocycles. The van der Waals surface area contributed by atoms with Gasteiger partial charge in [0.1, 0.15) is 0 Å². The summed E-state index contributed by atoms with van der Waals surface area (Å²) in [5, 5.41) is 2.74. The number of rotatable bonds is 0. The molecule has 1 heterocycles. The first-order chi connectivity index (χ1) is 5.95. The molecule has 0 atom stereocenters. The largest absolute Gasteiger partial charge is 0.381 e. The van der Waals surface area contributed by atoms with Crippen molar-refractivity contribution < 1.29 is 4.52 Å². The van der Waals surface area contributed by atoms with Crippen LogP contribution in [0.4, 0.5) is 0 Å². The second-order valence-electron chi connectivity index (χ2n) is 2.88. The van der Waals surface area contributed by atoms with Crippen LogP contribution >= 0.6 is 0 Å². The lowest BCUT2D eigenvalue weighted by Crippen LogP contribution is -1.66. The molecule has 0 bridgehead atoms. The SMILES string of the molecule is c1ccc2c[nH]oc-2c2cc-2c1. The molecule has 0 fully saturated rings. The molecule has 0 radical (unpaired) electrons. The first-order valence-electron chi connectivity index (χ1n) is 3.89. The highest BCUT2D eigenvalue weighted by Crippen LogP contribution is 2.40. The molecule has 0 unspecified atom stereocenters. The summed E-state index contributed by atoms with van der Waals surface area (Å²) in [7, 11) is 0. The van der Waals surface area contributed by atoms with E-state index in [1.54, 1.807) is 0 Å². The summed E-state index contributed by atoms with van der Waals surface area (Å²) in [6.45, 7) is 0. The number of aromatic amines is 1. The van der Waals surface area contributed by atoms with E-state index in [-0.39, 0.29) is 0 Å². The number of hydrogen-bond donors (Lipinski definition) is 1. The highest BCUT2D eigenvalue weighted by molar-refractivity contribution is 5.90. The molecule has 2 nitrogen and oxygen atoms in total. The Kier molecular flexibility index (Phi) is 0.939. The topological polar surface area (TPSA) is 28.9 Å². The number of nitrogens with one attached hydrogen (secondary N) is 1.